The number of methoxy groups -OCH3 is 1. The Morgan fingerprint density at radius 2 is 1.88 bits per heavy atom. The molecule has 5 heteroatoms. The number of hydrogen-bond acceptors (Lipinski definition) is 4. The Kier molecular flexibility index (Phi) is 7.33. The standard InChI is InChI=1S/C21H27NO4/c1-5-19(26-18-8-6-7-17(14-18)24-4)21(23)22-11-12-25-20-10-9-15(2)13-16(20)3/h6-10,13-14,19H,5,11-12H2,1-4H3,(H,22,23). The first-order valence-corrected chi connectivity index (χ1v) is 8.82. The third kappa shape index (κ3) is 5.69. The monoisotopic (exact) mass is 357 g/mol. The van der Waals surface area contributed by atoms with Crippen LogP contribution < -0.4 is 19.5 Å². The molecule has 5 nitrogen and oxygen atoms in total. The van der Waals surface area contributed by atoms with Gasteiger partial charge < -0.3 is 19.5 Å². The van der Waals surface area contributed by atoms with Crippen LogP contribution in [0.2, 0.25) is 0 Å². The van der Waals surface area contributed by atoms with Crippen LogP contribution >= 0.6 is 0 Å². The van der Waals surface area contributed by atoms with Crippen molar-refractivity contribution in [3.8, 4) is 17.2 Å². The Morgan fingerprint density at radius 3 is 2.58 bits per heavy atom. The number of benzene rings is 2. The second-order valence-electron chi connectivity index (χ2n) is 6.10. The first-order chi connectivity index (χ1) is 12.5. The molecule has 0 aliphatic carbocycles. The maximum atomic E-state index is 12.3. The van der Waals surface area contributed by atoms with Gasteiger partial charge in [-0.3, -0.25) is 4.79 Å². The van der Waals surface area contributed by atoms with Crippen molar-refractivity contribution in [2.45, 2.75) is 33.3 Å². The molecule has 1 N–H and O–H groups in total. The topological polar surface area (TPSA) is 56.8 Å². The van der Waals surface area contributed by atoms with Crippen molar-refractivity contribution in [3.05, 3.63) is 53.6 Å². The first kappa shape index (κ1) is 19.6. The summed E-state index contributed by atoms with van der Waals surface area (Å²) in [5, 5.41) is 2.86. The van der Waals surface area contributed by atoms with Crippen molar-refractivity contribution in [1.29, 1.82) is 0 Å². The zero-order chi connectivity index (χ0) is 18.9. The van der Waals surface area contributed by atoms with Crippen LogP contribution in [0.25, 0.3) is 0 Å². The largest absolute Gasteiger partial charge is 0.497 e. The molecular weight excluding hydrogens is 330 g/mol. The van der Waals surface area contributed by atoms with E-state index in [4.69, 9.17) is 14.2 Å². The SMILES string of the molecule is CCC(Oc1cccc(OC)c1)C(=O)NCCOc1ccc(C)cc1C. The van der Waals surface area contributed by atoms with Gasteiger partial charge in [-0.25, -0.2) is 0 Å². The van der Waals surface area contributed by atoms with Gasteiger partial charge in [-0.05, 0) is 44.0 Å². The summed E-state index contributed by atoms with van der Waals surface area (Å²) in [5.41, 5.74) is 2.28. The fourth-order valence-corrected chi connectivity index (χ4v) is 2.57. The van der Waals surface area contributed by atoms with Crippen LogP contribution in [0.4, 0.5) is 0 Å². The number of carbonyl (C=O) groups excluding carboxylic acids is 1. The van der Waals surface area contributed by atoms with E-state index in [0.29, 0.717) is 31.1 Å². The molecule has 1 amide bonds. The molecule has 0 bridgehead atoms. The molecule has 26 heavy (non-hydrogen) atoms. The molecule has 1 unspecified atom stereocenters. The lowest BCUT2D eigenvalue weighted by Crippen LogP contribution is -2.39. The lowest BCUT2D eigenvalue weighted by atomic mass is 10.1. The van der Waals surface area contributed by atoms with E-state index in [1.165, 1.54) is 5.56 Å². The molecule has 140 valence electrons. The lowest BCUT2D eigenvalue weighted by molar-refractivity contribution is -0.128. The van der Waals surface area contributed by atoms with Gasteiger partial charge in [-0.2, -0.15) is 0 Å². The zero-order valence-electron chi connectivity index (χ0n) is 15.9. The fourth-order valence-electron chi connectivity index (χ4n) is 2.57. The van der Waals surface area contributed by atoms with Crippen LogP contribution in [0.3, 0.4) is 0 Å². The second-order valence-corrected chi connectivity index (χ2v) is 6.10. The van der Waals surface area contributed by atoms with Gasteiger partial charge in [0.1, 0.15) is 23.9 Å². The Balaban J connectivity index is 1.81. The summed E-state index contributed by atoms with van der Waals surface area (Å²) in [6, 6.07) is 13.3. The molecule has 0 aromatic heterocycles. The second kappa shape index (κ2) is 9.70. The number of hydrogen-bond donors (Lipinski definition) is 1. The van der Waals surface area contributed by atoms with Gasteiger partial charge in [-0.1, -0.05) is 30.7 Å². The Hall–Kier alpha value is -2.69. The molecule has 2 rings (SSSR count). The van der Waals surface area contributed by atoms with Crippen molar-refractivity contribution in [2.24, 2.45) is 0 Å². The van der Waals surface area contributed by atoms with E-state index in [1.807, 2.05) is 51.1 Å². The normalized spacial score (nSPS) is 11.5. The average Bonchev–Trinajstić information content (AvgIpc) is 2.64. The van der Waals surface area contributed by atoms with Crippen LogP contribution in [-0.2, 0) is 4.79 Å². The van der Waals surface area contributed by atoms with Crippen LogP contribution in [0.15, 0.2) is 42.5 Å². The summed E-state index contributed by atoms with van der Waals surface area (Å²) in [4.78, 5) is 12.3. The van der Waals surface area contributed by atoms with E-state index in [9.17, 15) is 4.79 Å². The molecule has 0 heterocycles. The number of amides is 1. The highest BCUT2D eigenvalue weighted by molar-refractivity contribution is 5.81. The van der Waals surface area contributed by atoms with Gasteiger partial charge in [0.15, 0.2) is 6.10 Å². The highest BCUT2D eigenvalue weighted by atomic mass is 16.5. The van der Waals surface area contributed by atoms with E-state index >= 15 is 0 Å². The molecule has 0 spiro atoms. The minimum Gasteiger partial charge on any atom is -0.497 e. The highest BCUT2D eigenvalue weighted by Gasteiger charge is 2.18. The van der Waals surface area contributed by atoms with Gasteiger partial charge in [0.25, 0.3) is 5.91 Å². The summed E-state index contributed by atoms with van der Waals surface area (Å²) in [5.74, 6) is 1.99. The number of ether oxygens (including phenoxy) is 3. The Bertz CT molecular complexity index is 730. The molecule has 2 aromatic rings. The molecule has 1 atom stereocenters. The molecule has 2 aromatic carbocycles. The number of carbonyl (C=O) groups is 1. The van der Waals surface area contributed by atoms with Gasteiger partial charge in [0.05, 0.1) is 13.7 Å². The fraction of sp³-hybridized carbons (Fsp3) is 0.381. The van der Waals surface area contributed by atoms with Crippen molar-refractivity contribution in [2.75, 3.05) is 20.3 Å². The number of aryl methyl sites for hydroxylation is 2. The van der Waals surface area contributed by atoms with E-state index in [1.54, 1.807) is 13.2 Å². The van der Waals surface area contributed by atoms with Crippen LogP contribution in [0.1, 0.15) is 24.5 Å². The molecule has 0 saturated carbocycles. The van der Waals surface area contributed by atoms with Gasteiger partial charge in [0, 0.05) is 6.07 Å². The summed E-state index contributed by atoms with van der Waals surface area (Å²) in [6.07, 6.45) is 0.0178. The van der Waals surface area contributed by atoms with Crippen LogP contribution in [0.5, 0.6) is 17.2 Å². The summed E-state index contributed by atoms with van der Waals surface area (Å²) in [7, 11) is 1.60. The number of rotatable bonds is 9. The van der Waals surface area contributed by atoms with Crippen molar-refractivity contribution in [3.63, 3.8) is 0 Å². The smallest absolute Gasteiger partial charge is 0.261 e. The van der Waals surface area contributed by atoms with Gasteiger partial charge in [0.2, 0.25) is 0 Å². The van der Waals surface area contributed by atoms with Gasteiger partial charge in [-0.15, -0.1) is 0 Å². The van der Waals surface area contributed by atoms with E-state index in [2.05, 4.69) is 11.4 Å². The zero-order valence-corrected chi connectivity index (χ0v) is 15.9. The minimum absolute atomic E-state index is 0.153. The Morgan fingerprint density at radius 1 is 1.12 bits per heavy atom. The van der Waals surface area contributed by atoms with Crippen molar-refractivity contribution >= 4 is 5.91 Å². The van der Waals surface area contributed by atoms with Crippen LogP contribution in [0, 0.1) is 13.8 Å². The molecule has 0 saturated heterocycles. The summed E-state index contributed by atoms with van der Waals surface area (Å²) in [6.45, 7) is 6.80. The number of nitrogens with one attached hydrogen (secondary N) is 1. The highest BCUT2D eigenvalue weighted by Crippen LogP contribution is 2.21. The molecule has 0 radical (unpaired) electrons. The molecule has 0 aliphatic rings. The molecule has 0 aliphatic heterocycles. The van der Waals surface area contributed by atoms with E-state index in [0.717, 1.165) is 11.3 Å². The molecular formula is C21H27NO4. The predicted octanol–water partition coefficient (Wildman–Crippen LogP) is 3.66. The lowest BCUT2D eigenvalue weighted by Gasteiger charge is -2.18. The van der Waals surface area contributed by atoms with Gasteiger partial charge >= 0.3 is 0 Å². The summed E-state index contributed by atoms with van der Waals surface area (Å²) >= 11 is 0. The average molecular weight is 357 g/mol. The van der Waals surface area contributed by atoms with Crippen LogP contribution in [-0.4, -0.2) is 32.3 Å². The third-order valence-corrected chi connectivity index (χ3v) is 3.97. The minimum atomic E-state index is -0.553. The van der Waals surface area contributed by atoms with Crippen molar-refractivity contribution < 1.29 is 19.0 Å². The summed E-state index contributed by atoms with van der Waals surface area (Å²) < 4.78 is 16.7. The Labute approximate surface area is 155 Å². The third-order valence-electron chi connectivity index (χ3n) is 3.97. The molecule has 0 fully saturated rings. The van der Waals surface area contributed by atoms with E-state index in [-0.39, 0.29) is 5.91 Å². The van der Waals surface area contributed by atoms with E-state index < -0.39 is 6.10 Å². The maximum Gasteiger partial charge on any atom is 0.261 e. The predicted molar refractivity (Wildman–Crippen MR) is 102 cm³/mol. The quantitative estimate of drug-likeness (QED) is 0.696. The van der Waals surface area contributed by atoms with Crippen molar-refractivity contribution in [1.82, 2.24) is 5.32 Å². The first-order valence-electron chi connectivity index (χ1n) is 8.82. The maximum absolute atomic E-state index is 12.3.